The molecular weight excluding hydrogens is 296 g/mol. The Kier molecular flexibility index (Phi) is 4.46. The van der Waals surface area contributed by atoms with Crippen LogP contribution >= 0.6 is 23.7 Å². The van der Waals surface area contributed by atoms with E-state index in [1.54, 1.807) is 17.5 Å². The number of aromatic nitrogens is 3. The van der Waals surface area contributed by atoms with Crippen molar-refractivity contribution in [3.63, 3.8) is 0 Å². The van der Waals surface area contributed by atoms with Crippen LogP contribution in [0.15, 0.2) is 36.1 Å². The molecule has 3 rings (SSSR count). The van der Waals surface area contributed by atoms with Gasteiger partial charge in [0, 0.05) is 34.3 Å². The number of thiophene rings is 1. The normalized spacial score (nSPS) is 10.4. The van der Waals surface area contributed by atoms with E-state index >= 15 is 0 Å². The molecule has 3 heterocycles. The van der Waals surface area contributed by atoms with Gasteiger partial charge in [-0.3, -0.25) is 5.41 Å². The van der Waals surface area contributed by atoms with Crippen molar-refractivity contribution in [2.45, 2.75) is 13.5 Å². The number of halogens is 1. The van der Waals surface area contributed by atoms with Gasteiger partial charge in [0.2, 0.25) is 5.90 Å². The molecule has 0 aliphatic rings. The molecule has 0 radical (unpaired) electrons. The Hall–Kier alpha value is -1.79. The molecule has 106 valence electrons. The third-order valence-electron chi connectivity index (χ3n) is 2.86. The highest BCUT2D eigenvalue weighted by Crippen LogP contribution is 2.18. The molecule has 0 unspecified atom stereocenters. The third-order valence-corrected chi connectivity index (χ3v) is 3.78. The first kappa shape index (κ1) is 14.6. The Labute approximate surface area is 126 Å². The van der Waals surface area contributed by atoms with Gasteiger partial charge in [0.25, 0.3) is 0 Å². The monoisotopic (exact) mass is 310 g/mol. The molecule has 0 aliphatic carbocycles. The first-order valence-corrected chi connectivity index (χ1v) is 6.93. The van der Waals surface area contributed by atoms with E-state index in [2.05, 4.69) is 9.67 Å². The summed E-state index contributed by atoms with van der Waals surface area (Å²) in [4.78, 5) is 1.19. The second-order valence-electron chi connectivity index (χ2n) is 4.12. The minimum Gasteiger partial charge on any atom is -0.478 e. The van der Waals surface area contributed by atoms with Crippen molar-refractivity contribution >= 4 is 35.3 Å². The molecule has 0 atom stereocenters. The minimum absolute atomic E-state index is 0. The Bertz CT molecular complexity index is 715. The van der Waals surface area contributed by atoms with Crippen molar-refractivity contribution < 1.29 is 4.74 Å². The van der Waals surface area contributed by atoms with Crippen LogP contribution in [0.25, 0.3) is 5.65 Å². The van der Waals surface area contributed by atoms with Crippen LogP contribution in [0, 0.1) is 5.41 Å². The highest BCUT2D eigenvalue weighted by Gasteiger charge is 2.08. The lowest BCUT2D eigenvalue weighted by Crippen LogP contribution is -2.03. The van der Waals surface area contributed by atoms with Gasteiger partial charge in [0.05, 0.1) is 19.3 Å². The first-order chi connectivity index (χ1) is 9.28. The van der Waals surface area contributed by atoms with Gasteiger partial charge >= 0.3 is 0 Å². The van der Waals surface area contributed by atoms with Gasteiger partial charge in [-0.15, -0.1) is 23.7 Å². The maximum Gasteiger partial charge on any atom is 0.214 e. The lowest BCUT2D eigenvalue weighted by Gasteiger charge is -2.01. The van der Waals surface area contributed by atoms with Gasteiger partial charge < -0.3 is 9.30 Å². The quantitative estimate of drug-likeness (QED) is 0.595. The molecule has 0 saturated carbocycles. The molecule has 5 nitrogen and oxygen atoms in total. The number of hydrogen-bond acceptors (Lipinski definition) is 4. The number of ether oxygens (including phenoxy) is 1. The molecule has 0 amide bonds. The topological polar surface area (TPSA) is 55.3 Å². The van der Waals surface area contributed by atoms with Crippen LogP contribution in [0.1, 0.15) is 17.4 Å². The van der Waals surface area contributed by atoms with E-state index in [1.807, 2.05) is 41.3 Å². The van der Waals surface area contributed by atoms with Gasteiger partial charge in [-0.1, -0.05) is 0 Å². The SMILES string of the molecule is CCOC(=N)c1csc(Cn2ccn3nccc23)c1.Cl. The number of nitrogens with zero attached hydrogens (tertiary/aromatic N) is 3. The fourth-order valence-corrected chi connectivity index (χ4v) is 2.84. The fraction of sp³-hybridized carbons (Fsp3) is 0.231. The molecule has 20 heavy (non-hydrogen) atoms. The molecule has 0 aromatic carbocycles. The number of fused-ring (bicyclic) bond motifs is 1. The zero-order chi connectivity index (χ0) is 13.2. The van der Waals surface area contributed by atoms with Crippen LogP contribution in [0.4, 0.5) is 0 Å². The van der Waals surface area contributed by atoms with Crippen molar-refractivity contribution in [2.24, 2.45) is 0 Å². The summed E-state index contributed by atoms with van der Waals surface area (Å²) in [6.07, 6.45) is 5.73. The van der Waals surface area contributed by atoms with Gasteiger partial charge in [-0.2, -0.15) is 5.10 Å². The first-order valence-electron chi connectivity index (χ1n) is 6.05. The smallest absolute Gasteiger partial charge is 0.214 e. The van der Waals surface area contributed by atoms with Crippen molar-refractivity contribution in [2.75, 3.05) is 6.61 Å². The van der Waals surface area contributed by atoms with E-state index in [1.165, 1.54) is 4.88 Å². The average Bonchev–Trinajstić information content (AvgIpc) is 3.08. The zero-order valence-electron chi connectivity index (χ0n) is 10.9. The van der Waals surface area contributed by atoms with Crippen molar-refractivity contribution in [1.29, 1.82) is 5.41 Å². The van der Waals surface area contributed by atoms with E-state index in [0.717, 1.165) is 17.8 Å². The molecule has 0 aliphatic heterocycles. The van der Waals surface area contributed by atoms with E-state index in [9.17, 15) is 0 Å². The Morgan fingerprint density at radius 2 is 2.30 bits per heavy atom. The summed E-state index contributed by atoms with van der Waals surface area (Å²) in [6.45, 7) is 3.20. The number of rotatable bonds is 4. The van der Waals surface area contributed by atoms with Crippen LogP contribution in [0.5, 0.6) is 0 Å². The molecule has 7 heteroatoms. The molecule has 3 aromatic heterocycles. The zero-order valence-corrected chi connectivity index (χ0v) is 12.6. The van der Waals surface area contributed by atoms with Crippen molar-refractivity contribution in [3.05, 3.63) is 46.5 Å². The van der Waals surface area contributed by atoms with Crippen molar-refractivity contribution in [1.82, 2.24) is 14.2 Å². The van der Waals surface area contributed by atoms with Crippen LogP contribution in [0.3, 0.4) is 0 Å². The van der Waals surface area contributed by atoms with Crippen LogP contribution in [-0.4, -0.2) is 26.7 Å². The predicted octanol–water partition coefficient (Wildman–Crippen LogP) is 3.03. The number of hydrogen-bond donors (Lipinski definition) is 1. The Morgan fingerprint density at radius 3 is 3.10 bits per heavy atom. The molecule has 1 N–H and O–H groups in total. The van der Waals surface area contributed by atoms with Gasteiger partial charge in [0.1, 0.15) is 5.65 Å². The maximum atomic E-state index is 7.76. The molecular formula is C13H15ClN4OS. The third kappa shape index (κ3) is 2.71. The highest BCUT2D eigenvalue weighted by molar-refractivity contribution is 7.10. The van der Waals surface area contributed by atoms with E-state index in [0.29, 0.717) is 6.61 Å². The summed E-state index contributed by atoms with van der Waals surface area (Å²) >= 11 is 1.64. The second-order valence-corrected chi connectivity index (χ2v) is 5.12. The molecule has 0 fully saturated rings. The molecule has 0 saturated heterocycles. The molecule has 0 bridgehead atoms. The molecule has 3 aromatic rings. The van der Waals surface area contributed by atoms with Gasteiger partial charge in [-0.25, -0.2) is 4.52 Å². The summed E-state index contributed by atoms with van der Waals surface area (Å²) < 4.78 is 9.18. The van der Waals surface area contributed by atoms with E-state index in [4.69, 9.17) is 10.1 Å². The van der Waals surface area contributed by atoms with E-state index < -0.39 is 0 Å². The van der Waals surface area contributed by atoms with Crippen LogP contribution < -0.4 is 0 Å². The predicted molar refractivity (Wildman–Crippen MR) is 82.3 cm³/mol. The minimum atomic E-state index is 0. The highest BCUT2D eigenvalue weighted by atomic mass is 35.5. The number of imidazole rings is 1. The average molecular weight is 311 g/mol. The van der Waals surface area contributed by atoms with E-state index in [-0.39, 0.29) is 18.3 Å². The second kappa shape index (κ2) is 6.11. The Morgan fingerprint density at radius 1 is 1.45 bits per heavy atom. The standard InChI is InChI=1S/C13H14N4OS.ClH/c1-2-18-13(14)10-7-11(19-9-10)8-16-5-6-17-12(16)3-4-15-17;/h3-7,9,14H,2,8H2,1H3;1H. The number of nitrogens with one attached hydrogen (secondary N) is 1. The summed E-state index contributed by atoms with van der Waals surface area (Å²) in [5, 5.41) is 13.9. The lowest BCUT2D eigenvalue weighted by molar-refractivity contribution is 0.326. The van der Waals surface area contributed by atoms with Crippen LogP contribution in [0.2, 0.25) is 0 Å². The largest absolute Gasteiger partial charge is 0.478 e. The summed E-state index contributed by atoms with van der Waals surface area (Å²) in [5.41, 5.74) is 1.91. The van der Waals surface area contributed by atoms with Gasteiger partial charge in [-0.05, 0) is 13.0 Å². The lowest BCUT2D eigenvalue weighted by atomic mass is 10.3. The van der Waals surface area contributed by atoms with Crippen molar-refractivity contribution in [3.8, 4) is 0 Å². The maximum absolute atomic E-state index is 7.76. The Balaban J connectivity index is 0.00000147. The van der Waals surface area contributed by atoms with Gasteiger partial charge in [0.15, 0.2) is 0 Å². The summed E-state index contributed by atoms with van der Waals surface area (Å²) in [5.74, 6) is 0.243. The van der Waals surface area contributed by atoms with Crippen LogP contribution in [-0.2, 0) is 11.3 Å². The fourth-order valence-electron chi connectivity index (χ4n) is 1.98. The summed E-state index contributed by atoms with van der Waals surface area (Å²) in [7, 11) is 0. The summed E-state index contributed by atoms with van der Waals surface area (Å²) in [6, 6.07) is 3.99. The molecule has 0 spiro atoms.